The Balaban J connectivity index is 2.16. The molecule has 1 amide bonds. The van der Waals surface area contributed by atoms with E-state index in [0.29, 0.717) is 11.3 Å². The molecule has 0 aliphatic carbocycles. The molecule has 0 aromatic heterocycles. The zero-order valence-corrected chi connectivity index (χ0v) is 15.5. The molecule has 0 fully saturated rings. The Kier molecular flexibility index (Phi) is 6.04. The molecular formula is C15H11Br2N3O4. The molecule has 1 N–H and O–H groups in total. The summed E-state index contributed by atoms with van der Waals surface area (Å²) in [5, 5.41) is 14.6. The smallest absolute Gasteiger partial charge is 0.271 e. The quantitative estimate of drug-likeness (QED) is 0.419. The largest absolute Gasteiger partial charge is 0.495 e. The van der Waals surface area contributed by atoms with E-state index >= 15 is 0 Å². The van der Waals surface area contributed by atoms with E-state index in [0.717, 1.165) is 8.95 Å². The number of carbonyl (C=O) groups excluding carboxylic acids is 1. The molecule has 2 aromatic carbocycles. The maximum atomic E-state index is 12.0. The highest BCUT2D eigenvalue weighted by Crippen LogP contribution is 2.31. The third kappa shape index (κ3) is 4.39. The van der Waals surface area contributed by atoms with Crippen molar-refractivity contribution >= 4 is 49.7 Å². The third-order valence-electron chi connectivity index (χ3n) is 2.93. The first kappa shape index (κ1) is 18.1. The minimum atomic E-state index is -0.566. The van der Waals surface area contributed by atoms with E-state index in [4.69, 9.17) is 4.74 Å². The number of benzene rings is 2. The van der Waals surface area contributed by atoms with Crippen molar-refractivity contribution in [3.05, 3.63) is 66.6 Å². The van der Waals surface area contributed by atoms with Gasteiger partial charge in [-0.25, -0.2) is 5.43 Å². The number of halogens is 2. The molecule has 0 spiro atoms. The summed E-state index contributed by atoms with van der Waals surface area (Å²) >= 11 is 6.73. The number of nitrogens with one attached hydrogen (secondary N) is 1. The van der Waals surface area contributed by atoms with Crippen LogP contribution in [0.3, 0.4) is 0 Å². The summed E-state index contributed by atoms with van der Waals surface area (Å²) in [5.41, 5.74) is 2.94. The molecule has 24 heavy (non-hydrogen) atoms. The van der Waals surface area contributed by atoms with Crippen molar-refractivity contribution in [1.29, 1.82) is 0 Å². The maximum absolute atomic E-state index is 12.0. The van der Waals surface area contributed by atoms with E-state index in [2.05, 4.69) is 42.4 Å². The summed E-state index contributed by atoms with van der Waals surface area (Å²) in [4.78, 5) is 22.2. The highest BCUT2D eigenvalue weighted by atomic mass is 79.9. The number of ether oxygens (including phenoxy) is 1. The lowest BCUT2D eigenvalue weighted by atomic mass is 10.2. The van der Waals surface area contributed by atoms with E-state index in [-0.39, 0.29) is 11.3 Å². The number of nitrogens with zero attached hydrogens (tertiary/aromatic N) is 2. The number of carbonyl (C=O) groups is 1. The molecule has 2 rings (SSSR count). The molecule has 2 aromatic rings. The van der Waals surface area contributed by atoms with Gasteiger partial charge >= 0.3 is 0 Å². The Hall–Kier alpha value is -2.26. The molecule has 0 aliphatic heterocycles. The first-order valence-electron chi connectivity index (χ1n) is 6.53. The van der Waals surface area contributed by atoms with Gasteiger partial charge in [0.15, 0.2) is 0 Å². The fraction of sp³-hybridized carbons (Fsp3) is 0.0667. The number of hydrogen-bond acceptors (Lipinski definition) is 5. The molecule has 0 radical (unpaired) electrons. The van der Waals surface area contributed by atoms with Crippen molar-refractivity contribution in [2.75, 3.05) is 7.11 Å². The minimum Gasteiger partial charge on any atom is -0.495 e. The van der Waals surface area contributed by atoms with Gasteiger partial charge in [-0.1, -0.05) is 22.0 Å². The van der Waals surface area contributed by atoms with Crippen LogP contribution in [-0.2, 0) is 0 Å². The van der Waals surface area contributed by atoms with Crippen LogP contribution in [0.1, 0.15) is 15.9 Å². The topological polar surface area (TPSA) is 93.8 Å². The number of amides is 1. The summed E-state index contributed by atoms with van der Waals surface area (Å²) in [7, 11) is 1.52. The normalized spacial score (nSPS) is 10.6. The summed E-state index contributed by atoms with van der Waals surface area (Å²) in [6, 6.07) is 8.98. The van der Waals surface area contributed by atoms with Crippen LogP contribution in [0.5, 0.6) is 5.75 Å². The van der Waals surface area contributed by atoms with Crippen molar-refractivity contribution in [1.82, 2.24) is 5.43 Å². The van der Waals surface area contributed by atoms with Gasteiger partial charge in [-0.15, -0.1) is 0 Å². The number of hydrazone groups is 1. The number of nitro groups is 1. The Labute approximate surface area is 154 Å². The molecule has 0 bridgehead atoms. The van der Waals surface area contributed by atoms with Crippen LogP contribution in [-0.4, -0.2) is 24.2 Å². The van der Waals surface area contributed by atoms with Gasteiger partial charge in [-0.2, -0.15) is 5.10 Å². The second kappa shape index (κ2) is 8.02. The van der Waals surface area contributed by atoms with Gasteiger partial charge in [-0.3, -0.25) is 14.9 Å². The molecule has 7 nitrogen and oxygen atoms in total. The van der Waals surface area contributed by atoms with Crippen LogP contribution in [0.4, 0.5) is 5.69 Å². The molecular weight excluding hydrogens is 446 g/mol. The average molecular weight is 457 g/mol. The monoisotopic (exact) mass is 455 g/mol. The number of hydrogen-bond donors (Lipinski definition) is 1. The lowest BCUT2D eigenvalue weighted by Gasteiger charge is -2.07. The number of nitro benzene ring substituents is 1. The van der Waals surface area contributed by atoms with Crippen LogP contribution in [0, 0.1) is 10.1 Å². The van der Waals surface area contributed by atoms with Gasteiger partial charge in [0, 0.05) is 27.7 Å². The van der Waals surface area contributed by atoms with Gasteiger partial charge in [0.25, 0.3) is 11.6 Å². The fourth-order valence-corrected chi connectivity index (χ4v) is 3.30. The summed E-state index contributed by atoms with van der Waals surface area (Å²) in [6.07, 6.45) is 1.42. The van der Waals surface area contributed by atoms with Crippen LogP contribution >= 0.6 is 31.9 Å². The van der Waals surface area contributed by atoms with Crippen LogP contribution in [0.2, 0.25) is 0 Å². The van der Waals surface area contributed by atoms with E-state index in [1.54, 1.807) is 6.07 Å². The van der Waals surface area contributed by atoms with E-state index in [1.807, 2.05) is 6.07 Å². The predicted octanol–water partition coefficient (Wildman–Crippen LogP) is 3.89. The number of rotatable bonds is 5. The molecule has 0 saturated heterocycles. The predicted molar refractivity (Wildman–Crippen MR) is 96.6 cm³/mol. The lowest BCUT2D eigenvalue weighted by molar-refractivity contribution is -0.384. The molecule has 0 aliphatic rings. The average Bonchev–Trinajstić information content (AvgIpc) is 2.54. The Morgan fingerprint density at radius 1 is 1.33 bits per heavy atom. The highest BCUT2D eigenvalue weighted by Gasteiger charge is 2.11. The van der Waals surface area contributed by atoms with Crippen molar-refractivity contribution < 1.29 is 14.5 Å². The summed E-state index contributed by atoms with van der Waals surface area (Å²) < 4.78 is 6.80. The summed E-state index contributed by atoms with van der Waals surface area (Å²) in [6.45, 7) is 0. The molecule has 0 heterocycles. The molecule has 0 atom stereocenters. The van der Waals surface area contributed by atoms with Crippen LogP contribution in [0.25, 0.3) is 0 Å². The Morgan fingerprint density at radius 3 is 2.75 bits per heavy atom. The lowest BCUT2D eigenvalue weighted by Crippen LogP contribution is -2.17. The van der Waals surface area contributed by atoms with Crippen molar-refractivity contribution in [2.24, 2.45) is 5.10 Å². The second-order valence-electron chi connectivity index (χ2n) is 4.52. The van der Waals surface area contributed by atoms with E-state index < -0.39 is 10.8 Å². The Bertz CT molecular complexity index is 824. The summed E-state index contributed by atoms with van der Waals surface area (Å²) in [5.74, 6) is 0.00882. The highest BCUT2D eigenvalue weighted by molar-refractivity contribution is 9.11. The molecule has 9 heteroatoms. The van der Waals surface area contributed by atoms with Crippen LogP contribution in [0.15, 0.2) is 50.4 Å². The number of methoxy groups -OCH3 is 1. The first-order chi connectivity index (χ1) is 11.4. The minimum absolute atomic E-state index is 0.142. The zero-order chi connectivity index (χ0) is 17.7. The third-order valence-corrected chi connectivity index (χ3v) is 3.98. The van der Waals surface area contributed by atoms with Gasteiger partial charge in [0.2, 0.25) is 0 Å². The van der Waals surface area contributed by atoms with Gasteiger partial charge in [0.05, 0.1) is 22.7 Å². The van der Waals surface area contributed by atoms with Gasteiger partial charge in [0.1, 0.15) is 5.75 Å². The molecule has 0 unspecified atom stereocenters. The molecule has 0 saturated carbocycles. The number of non-ortho nitro benzene ring substituents is 1. The standard InChI is InChI=1S/C15H11Br2N3O4/c1-24-14-10(5-11(16)7-13(14)17)8-18-19-15(21)9-3-2-4-12(6-9)20(22)23/h2-8H,1H3,(H,19,21)/b18-8+. The fourth-order valence-electron chi connectivity index (χ4n) is 1.88. The van der Waals surface area contributed by atoms with E-state index in [9.17, 15) is 14.9 Å². The molecule has 124 valence electrons. The second-order valence-corrected chi connectivity index (χ2v) is 6.29. The van der Waals surface area contributed by atoms with Crippen molar-refractivity contribution in [3.8, 4) is 5.75 Å². The van der Waals surface area contributed by atoms with Crippen LogP contribution < -0.4 is 10.2 Å². The zero-order valence-electron chi connectivity index (χ0n) is 12.3. The van der Waals surface area contributed by atoms with Crippen molar-refractivity contribution in [3.63, 3.8) is 0 Å². The van der Waals surface area contributed by atoms with Gasteiger partial charge < -0.3 is 4.74 Å². The van der Waals surface area contributed by atoms with Crippen molar-refractivity contribution in [2.45, 2.75) is 0 Å². The first-order valence-corrected chi connectivity index (χ1v) is 8.12. The SMILES string of the molecule is COc1c(Br)cc(Br)cc1/C=N/NC(=O)c1cccc([N+](=O)[O-])c1. The maximum Gasteiger partial charge on any atom is 0.271 e. The van der Waals surface area contributed by atoms with E-state index in [1.165, 1.54) is 37.6 Å². The Morgan fingerprint density at radius 2 is 2.08 bits per heavy atom. The van der Waals surface area contributed by atoms with Gasteiger partial charge in [-0.05, 0) is 34.1 Å².